The first-order valence-corrected chi connectivity index (χ1v) is 10.3. The minimum absolute atomic E-state index is 0.163. The molecule has 30 heavy (non-hydrogen) atoms. The Morgan fingerprint density at radius 3 is 2.73 bits per heavy atom. The second-order valence-electron chi connectivity index (χ2n) is 6.91. The van der Waals surface area contributed by atoms with Crippen LogP contribution in [0.3, 0.4) is 0 Å². The number of hydrogen-bond donors (Lipinski definition) is 3. The maximum absolute atomic E-state index is 12.9. The average molecular weight is 424 g/mol. The average Bonchev–Trinajstić information content (AvgIpc) is 3.37. The first kappa shape index (κ1) is 19.8. The smallest absolute Gasteiger partial charge is 0.277 e. The van der Waals surface area contributed by atoms with Crippen molar-refractivity contribution < 1.29 is 4.79 Å². The van der Waals surface area contributed by atoms with Crippen LogP contribution in [-0.4, -0.2) is 30.5 Å². The summed E-state index contributed by atoms with van der Waals surface area (Å²) in [5.74, 6) is 0.553. The van der Waals surface area contributed by atoms with Crippen molar-refractivity contribution in [3.05, 3.63) is 68.6 Å². The molecule has 4 rings (SSSR count). The van der Waals surface area contributed by atoms with Crippen molar-refractivity contribution in [1.82, 2.24) is 24.6 Å². The lowest BCUT2D eigenvalue weighted by molar-refractivity contribution is -0.116. The number of carbonyl (C=O) groups excluding carboxylic acids is 1. The normalized spacial score (nSPS) is 11.0. The third-order valence-corrected chi connectivity index (χ3v) is 5.35. The summed E-state index contributed by atoms with van der Waals surface area (Å²) in [7, 11) is 0. The van der Waals surface area contributed by atoms with Gasteiger partial charge >= 0.3 is 0 Å². The molecule has 0 saturated carbocycles. The summed E-state index contributed by atoms with van der Waals surface area (Å²) in [6, 6.07) is 8.16. The molecule has 3 heterocycles. The first-order chi connectivity index (χ1) is 14.5. The zero-order chi connectivity index (χ0) is 21.1. The number of aromatic amines is 1. The second-order valence-corrected chi connectivity index (χ2v) is 7.81. The highest BCUT2D eigenvalue weighted by atomic mass is 32.1. The molecule has 4 aromatic rings. The van der Waals surface area contributed by atoms with Crippen LogP contribution in [0.15, 0.2) is 40.6 Å². The standard InChI is InChI=1S/C20H21N7O2S/c1-12-3-5-14(6-4-12)11-22-18-25-19-23-13(2)15(17(29)27(19)26-18)7-8-16(28)24-20-21-9-10-30-20/h3-6,9-10H,7-8,11H2,1-2H3,(H,21,24,28)(H2,22,23,25,26). The molecule has 0 fully saturated rings. The van der Waals surface area contributed by atoms with Gasteiger partial charge in [0.2, 0.25) is 11.9 Å². The van der Waals surface area contributed by atoms with Gasteiger partial charge in [-0.2, -0.15) is 9.50 Å². The van der Waals surface area contributed by atoms with Gasteiger partial charge < -0.3 is 10.6 Å². The third-order valence-electron chi connectivity index (χ3n) is 4.66. The molecule has 10 heteroatoms. The highest BCUT2D eigenvalue weighted by Gasteiger charge is 2.15. The van der Waals surface area contributed by atoms with E-state index in [2.05, 4.69) is 30.7 Å². The topological polar surface area (TPSA) is 117 Å². The number of carbonyl (C=O) groups is 1. The summed E-state index contributed by atoms with van der Waals surface area (Å²) in [4.78, 5) is 37.8. The largest absolute Gasteiger partial charge is 0.351 e. The van der Waals surface area contributed by atoms with E-state index in [0.29, 0.717) is 34.7 Å². The minimum Gasteiger partial charge on any atom is -0.351 e. The fraction of sp³-hybridized carbons (Fsp3) is 0.250. The molecular formula is C20H21N7O2S. The molecule has 0 saturated heterocycles. The van der Waals surface area contributed by atoms with Crippen LogP contribution in [0.5, 0.6) is 0 Å². The lowest BCUT2D eigenvalue weighted by Gasteiger charge is -2.05. The van der Waals surface area contributed by atoms with Crippen molar-refractivity contribution in [2.75, 3.05) is 10.6 Å². The highest BCUT2D eigenvalue weighted by Crippen LogP contribution is 2.12. The Balaban J connectivity index is 1.47. The summed E-state index contributed by atoms with van der Waals surface area (Å²) in [6.45, 7) is 4.36. The van der Waals surface area contributed by atoms with Crippen molar-refractivity contribution in [2.24, 2.45) is 0 Å². The summed E-state index contributed by atoms with van der Waals surface area (Å²) < 4.78 is 1.30. The van der Waals surface area contributed by atoms with Crippen molar-refractivity contribution in [1.29, 1.82) is 0 Å². The van der Waals surface area contributed by atoms with Crippen LogP contribution < -0.4 is 16.2 Å². The monoisotopic (exact) mass is 423 g/mol. The van der Waals surface area contributed by atoms with E-state index in [1.165, 1.54) is 21.4 Å². The predicted octanol–water partition coefficient (Wildman–Crippen LogP) is 2.67. The van der Waals surface area contributed by atoms with Crippen molar-refractivity contribution in [3.63, 3.8) is 0 Å². The van der Waals surface area contributed by atoms with Crippen LogP contribution in [0.2, 0.25) is 0 Å². The Labute approximate surface area is 176 Å². The Kier molecular flexibility index (Phi) is 5.57. The van der Waals surface area contributed by atoms with Crippen LogP contribution in [0.1, 0.15) is 28.8 Å². The maximum Gasteiger partial charge on any atom is 0.277 e. The quantitative estimate of drug-likeness (QED) is 0.421. The number of aryl methyl sites for hydroxylation is 2. The number of benzene rings is 1. The number of amides is 1. The van der Waals surface area contributed by atoms with Gasteiger partial charge in [0.15, 0.2) is 5.13 Å². The number of hydrogen-bond acceptors (Lipinski definition) is 7. The molecule has 0 spiro atoms. The van der Waals surface area contributed by atoms with Gasteiger partial charge in [0.1, 0.15) is 0 Å². The SMILES string of the molecule is Cc1ccc(CNc2nc3nc(C)c(CCC(=O)Nc4nccs4)c(=O)n3[nH]2)cc1. The molecule has 1 aromatic carbocycles. The maximum atomic E-state index is 12.9. The predicted molar refractivity (Wildman–Crippen MR) is 116 cm³/mol. The van der Waals surface area contributed by atoms with E-state index in [1.54, 1.807) is 18.5 Å². The zero-order valence-corrected chi connectivity index (χ0v) is 17.4. The van der Waals surface area contributed by atoms with E-state index in [9.17, 15) is 9.59 Å². The number of aromatic nitrogens is 5. The van der Waals surface area contributed by atoms with Crippen LogP contribution >= 0.6 is 11.3 Å². The van der Waals surface area contributed by atoms with E-state index in [0.717, 1.165) is 5.56 Å². The number of anilines is 2. The van der Waals surface area contributed by atoms with Gasteiger partial charge in [0.25, 0.3) is 11.3 Å². The summed E-state index contributed by atoms with van der Waals surface area (Å²) in [5, 5.41) is 11.2. The lowest BCUT2D eigenvalue weighted by Crippen LogP contribution is -2.23. The van der Waals surface area contributed by atoms with Crippen molar-refractivity contribution in [3.8, 4) is 0 Å². The van der Waals surface area contributed by atoms with E-state index >= 15 is 0 Å². The van der Waals surface area contributed by atoms with E-state index in [4.69, 9.17) is 0 Å². The van der Waals surface area contributed by atoms with Gasteiger partial charge in [-0.15, -0.1) is 11.3 Å². The number of H-pyrrole nitrogens is 1. The number of fused-ring (bicyclic) bond motifs is 1. The molecule has 0 atom stereocenters. The number of rotatable bonds is 7. The van der Waals surface area contributed by atoms with Gasteiger partial charge in [0, 0.05) is 30.1 Å². The van der Waals surface area contributed by atoms with E-state index < -0.39 is 0 Å². The van der Waals surface area contributed by atoms with E-state index in [-0.39, 0.29) is 24.3 Å². The molecule has 0 radical (unpaired) electrons. The third kappa shape index (κ3) is 4.38. The Bertz CT molecular complexity index is 1230. The Morgan fingerprint density at radius 1 is 1.20 bits per heavy atom. The summed E-state index contributed by atoms with van der Waals surface area (Å²) in [5.41, 5.74) is 3.09. The van der Waals surface area contributed by atoms with Gasteiger partial charge in [-0.1, -0.05) is 29.8 Å². The summed E-state index contributed by atoms with van der Waals surface area (Å²) in [6.07, 6.45) is 2.07. The molecule has 3 aromatic heterocycles. The van der Waals surface area contributed by atoms with Gasteiger partial charge in [0.05, 0.1) is 5.69 Å². The van der Waals surface area contributed by atoms with Crippen molar-refractivity contribution in [2.45, 2.75) is 33.2 Å². The van der Waals surface area contributed by atoms with Gasteiger partial charge in [-0.25, -0.2) is 9.97 Å². The highest BCUT2D eigenvalue weighted by molar-refractivity contribution is 7.13. The number of nitrogens with one attached hydrogen (secondary N) is 3. The van der Waals surface area contributed by atoms with Crippen LogP contribution in [0, 0.1) is 13.8 Å². The molecule has 154 valence electrons. The molecule has 9 nitrogen and oxygen atoms in total. The number of thiazole rings is 1. The first-order valence-electron chi connectivity index (χ1n) is 9.46. The number of nitrogens with zero attached hydrogens (tertiary/aromatic N) is 4. The lowest BCUT2D eigenvalue weighted by atomic mass is 10.1. The Morgan fingerprint density at radius 2 is 2.00 bits per heavy atom. The van der Waals surface area contributed by atoms with Gasteiger partial charge in [-0.05, 0) is 25.8 Å². The summed E-state index contributed by atoms with van der Waals surface area (Å²) >= 11 is 1.35. The Hall–Kier alpha value is -3.53. The second kappa shape index (κ2) is 8.46. The fourth-order valence-electron chi connectivity index (χ4n) is 3.02. The zero-order valence-electron chi connectivity index (χ0n) is 16.6. The van der Waals surface area contributed by atoms with Crippen LogP contribution in [0.4, 0.5) is 11.1 Å². The fourth-order valence-corrected chi connectivity index (χ4v) is 3.56. The molecule has 1 amide bonds. The molecule has 3 N–H and O–H groups in total. The van der Waals surface area contributed by atoms with Crippen LogP contribution in [0.25, 0.3) is 5.78 Å². The molecule has 0 aliphatic heterocycles. The molecule has 0 bridgehead atoms. The van der Waals surface area contributed by atoms with Crippen LogP contribution in [-0.2, 0) is 17.8 Å². The van der Waals surface area contributed by atoms with E-state index in [1.807, 2.05) is 31.2 Å². The molecular weight excluding hydrogens is 402 g/mol. The van der Waals surface area contributed by atoms with Gasteiger partial charge in [-0.3, -0.25) is 14.7 Å². The van der Waals surface area contributed by atoms with Crippen molar-refractivity contribution >= 4 is 34.1 Å². The minimum atomic E-state index is -0.254. The molecule has 0 aliphatic rings. The molecule has 0 unspecified atom stereocenters. The molecule has 0 aliphatic carbocycles.